The summed E-state index contributed by atoms with van der Waals surface area (Å²) in [6, 6.07) is 1.45. The van der Waals surface area contributed by atoms with Crippen LogP contribution in [0, 0.1) is 11.3 Å². The molecule has 0 fully saturated rings. The standard InChI is InChI=1S/C10H13N5O3/c1-13(3-4-14(2)10(17)18)9(16)15-7-8(5-11)6-12-15/h6-7H,3-4H2,1-2H3,(H,17,18). The zero-order chi connectivity index (χ0) is 13.7. The number of amides is 2. The molecule has 0 saturated carbocycles. The smallest absolute Gasteiger partial charge is 0.407 e. The molecule has 0 radical (unpaired) electrons. The van der Waals surface area contributed by atoms with Crippen LogP contribution in [-0.2, 0) is 0 Å². The van der Waals surface area contributed by atoms with Gasteiger partial charge in [-0.1, -0.05) is 0 Å². The Bertz CT molecular complexity index is 490. The summed E-state index contributed by atoms with van der Waals surface area (Å²) in [7, 11) is 2.95. The van der Waals surface area contributed by atoms with E-state index in [4.69, 9.17) is 10.4 Å². The molecule has 0 saturated heterocycles. The number of nitrogens with zero attached hydrogens (tertiary/aromatic N) is 5. The molecule has 1 aromatic heterocycles. The van der Waals surface area contributed by atoms with Crippen LogP contribution in [0.5, 0.6) is 0 Å². The van der Waals surface area contributed by atoms with Crippen molar-refractivity contribution >= 4 is 12.1 Å². The van der Waals surface area contributed by atoms with Crippen molar-refractivity contribution < 1.29 is 14.7 Å². The van der Waals surface area contributed by atoms with E-state index < -0.39 is 12.1 Å². The van der Waals surface area contributed by atoms with Crippen molar-refractivity contribution in [3.05, 3.63) is 18.0 Å². The highest BCUT2D eigenvalue weighted by atomic mass is 16.4. The van der Waals surface area contributed by atoms with E-state index in [2.05, 4.69) is 5.10 Å². The van der Waals surface area contributed by atoms with E-state index in [0.29, 0.717) is 5.56 Å². The van der Waals surface area contributed by atoms with E-state index in [9.17, 15) is 9.59 Å². The molecule has 0 aliphatic rings. The zero-order valence-corrected chi connectivity index (χ0v) is 10.1. The first-order chi connectivity index (χ1) is 8.45. The number of likely N-dealkylation sites (N-methyl/N-ethyl adjacent to an activating group) is 2. The Kier molecular flexibility index (Phi) is 4.26. The number of carbonyl (C=O) groups is 2. The zero-order valence-electron chi connectivity index (χ0n) is 10.1. The highest BCUT2D eigenvalue weighted by Crippen LogP contribution is 1.98. The van der Waals surface area contributed by atoms with E-state index in [-0.39, 0.29) is 13.1 Å². The molecule has 0 aliphatic heterocycles. The lowest BCUT2D eigenvalue weighted by Gasteiger charge is -2.19. The third-order valence-corrected chi connectivity index (χ3v) is 2.33. The van der Waals surface area contributed by atoms with Gasteiger partial charge in [-0.05, 0) is 0 Å². The van der Waals surface area contributed by atoms with Crippen molar-refractivity contribution in [1.82, 2.24) is 19.6 Å². The van der Waals surface area contributed by atoms with Gasteiger partial charge in [0.2, 0.25) is 0 Å². The third-order valence-electron chi connectivity index (χ3n) is 2.33. The minimum atomic E-state index is -1.05. The molecule has 1 aromatic rings. The molecule has 1 N–H and O–H groups in total. The minimum absolute atomic E-state index is 0.198. The maximum absolute atomic E-state index is 11.8. The fourth-order valence-corrected chi connectivity index (χ4v) is 1.15. The summed E-state index contributed by atoms with van der Waals surface area (Å²) in [5, 5.41) is 21.0. The van der Waals surface area contributed by atoms with E-state index in [1.54, 1.807) is 0 Å². The molecule has 0 unspecified atom stereocenters. The predicted molar refractivity (Wildman–Crippen MR) is 61.0 cm³/mol. The summed E-state index contributed by atoms with van der Waals surface area (Å²) in [4.78, 5) is 24.8. The van der Waals surface area contributed by atoms with Crippen LogP contribution in [0.1, 0.15) is 5.56 Å². The average molecular weight is 251 g/mol. The summed E-state index contributed by atoms with van der Waals surface area (Å²) in [6.45, 7) is 0.438. The first-order valence-corrected chi connectivity index (χ1v) is 5.10. The second-order valence-corrected chi connectivity index (χ2v) is 3.69. The van der Waals surface area contributed by atoms with Crippen molar-refractivity contribution in [2.75, 3.05) is 27.2 Å². The van der Waals surface area contributed by atoms with Crippen molar-refractivity contribution in [2.45, 2.75) is 0 Å². The summed E-state index contributed by atoms with van der Waals surface area (Å²) in [5.74, 6) is 0. The van der Waals surface area contributed by atoms with Crippen molar-refractivity contribution in [3.8, 4) is 6.07 Å². The highest BCUT2D eigenvalue weighted by molar-refractivity contribution is 5.76. The quantitative estimate of drug-likeness (QED) is 0.830. The lowest BCUT2D eigenvalue weighted by Crippen LogP contribution is -2.38. The number of rotatable bonds is 3. The highest BCUT2D eigenvalue weighted by Gasteiger charge is 2.14. The van der Waals surface area contributed by atoms with Gasteiger partial charge in [0.25, 0.3) is 0 Å². The van der Waals surface area contributed by atoms with Crippen LogP contribution in [0.4, 0.5) is 9.59 Å². The lowest BCUT2D eigenvalue weighted by atomic mass is 10.4. The molecule has 0 atom stereocenters. The van der Waals surface area contributed by atoms with Crippen molar-refractivity contribution in [3.63, 3.8) is 0 Å². The van der Waals surface area contributed by atoms with Crippen LogP contribution in [0.15, 0.2) is 12.4 Å². The van der Waals surface area contributed by atoms with Crippen molar-refractivity contribution in [2.24, 2.45) is 0 Å². The fraction of sp³-hybridized carbons (Fsp3) is 0.400. The van der Waals surface area contributed by atoms with Gasteiger partial charge >= 0.3 is 12.1 Å². The minimum Gasteiger partial charge on any atom is -0.465 e. The molecule has 0 aliphatic carbocycles. The van der Waals surface area contributed by atoms with Crippen molar-refractivity contribution in [1.29, 1.82) is 5.26 Å². The van der Waals surface area contributed by atoms with E-state index in [1.807, 2.05) is 6.07 Å². The third kappa shape index (κ3) is 3.21. The summed E-state index contributed by atoms with van der Waals surface area (Å²) >= 11 is 0. The van der Waals surface area contributed by atoms with Gasteiger partial charge in [-0.3, -0.25) is 0 Å². The van der Waals surface area contributed by atoms with Gasteiger partial charge in [0.05, 0.1) is 18.0 Å². The molecule has 8 nitrogen and oxygen atoms in total. The summed E-state index contributed by atoms with van der Waals surface area (Å²) < 4.78 is 1.04. The Balaban J connectivity index is 2.57. The lowest BCUT2D eigenvalue weighted by molar-refractivity contribution is 0.150. The second-order valence-electron chi connectivity index (χ2n) is 3.69. The largest absolute Gasteiger partial charge is 0.465 e. The Hall–Kier alpha value is -2.56. The molecule has 18 heavy (non-hydrogen) atoms. The Labute approximate surface area is 104 Å². The molecule has 2 amide bonds. The first kappa shape index (κ1) is 13.5. The molecular formula is C10H13N5O3. The SMILES string of the molecule is CN(CCN(C)C(=O)n1cc(C#N)cn1)C(=O)O. The molecule has 0 spiro atoms. The molecule has 1 heterocycles. The fourth-order valence-electron chi connectivity index (χ4n) is 1.15. The van der Waals surface area contributed by atoms with Gasteiger partial charge in [-0.25, -0.2) is 9.59 Å². The number of aromatic nitrogens is 2. The van der Waals surface area contributed by atoms with E-state index in [0.717, 1.165) is 9.58 Å². The topological polar surface area (TPSA) is 102 Å². The molecular weight excluding hydrogens is 238 g/mol. The summed E-state index contributed by atoms with van der Waals surface area (Å²) in [6.07, 6.45) is 1.55. The Morgan fingerprint density at radius 3 is 2.56 bits per heavy atom. The van der Waals surface area contributed by atoms with Crippen LogP contribution in [0.3, 0.4) is 0 Å². The maximum Gasteiger partial charge on any atom is 0.407 e. The predicted octanol–water partition coefficient (Wildman–Crippen LogP) is 0.264. The number of nitriles is 1. The van der Waals surface area contributed by atoms with Gasteiger partial charge in [-0.15, -0.1) is 0 Å². The number of carboxylic acid groups (broad SMARTS) is 1. The van der Waals surface area contributed by atoms with Crippen LogP contribution >= 0.6 is 0 Å². The normalized spacial score (nSPS) is 9.61. The molecule has 96 valence electrons. The molecule has 8 heteroatoms. The maximum atomic E-state index is 11.8. The van der Waals surface area contributed by atoms with Gasteiger partial charge in [0.1, 0.15) is 6.07 Å². The first-order valence-electron chi connectivity index (χ1n) is 5.10. The van der Waals surface area contributed by atoms with Crippen LogP contribution in [0.25, 0.3) is 0 Å². The van der Waals surface area contributed by atoms with Gasteiger partial charge in [0, 0.05) is 27.2 Å². The van der Waals surface area contributed by atoms with Crippen LogP contribution < -0.4 is 0 Å². The van der Waals surface area contributed by atoms with Gasteiger partial charge in [0.15, 0.2) is 0 Å². The Morgan fingerprint density at radius 1 is 1.44 bits per heavy atom. The number of hydrogen-bond acceptors (Lipinski definition) is 4. The van der Waals surface area contributed by atoms with E-state index >= 15 is 0 Å². The Morgan fingerprint density at radius 2 is 2.06 bits per heavy atom. The number of carbonyl (C=O) groups excluding carboxylic acids is 1. The van der Waals surface area contributed by atoms with Gasteiger partial charge < -0.3 is 14.9 Å². The monoisotopic (exact) mass is 251 g/mol. The average Bonchev–Trinajstić information content (AvgIpc) is 2.82. The number of hydrogen-bond donors (Lipinski definition) is 1. The molecule has 0 aromatic carbocycles. The summed E-state index contributed by atoms with van der Waals surface area (Å²) in [5.41, 5.74) is 0.291. The van der Waals surface area contributed by atoms with E-state index in [1.165, 1.54) is 31.4 Å². The molecule has 1 rings (SSSR count). The van der Waals surface area contributed by atoms with Crippen LogP contribution in [0.2, 0.25) is 0 Å². The second kappa shape index (κ2) is 5.67. The molecule has 0 bridgehead atoms. The van der Waals surface area contributed by atoms with Gasteiger partial charge in [-0.2, -0.15) is 15.0 Å². The van der Waals surface area contributed by atoms with Crippen LogP contribution in [-0.4, -0.2) is 64.0 Å².